The van der Waals surface area contributed by atoms with E-state index < -0.39 is 22.0 Å². The number of hydrogen-bond acceptors (Lipinski definition) is 5. The molecule has 1 saturated heterocycles. The number of rotatable bonds is 4. The summed E-state index contributed by atoms with van der Waals surface area (Å²) in [7, 11) is -4.01. The van der Waals surface area contributed by atoms with Gasteiger partial charge in [-0.2, -0.15) is 0 Å². The zero-order chi connectivity index (χ0) is 15.6. The van der Waals surface area contributed by atoms with Gasteiger partial charge in [-0.3, -0.25) is 4.79 Å². The predicted octanol–water partition coefficient (Wildman–Crippen LogP) is -0.476. The lowest BCUT2D eigenvalue weighted by Crippen LogP contribution is -2.47. The summed E-state index contributed by atoms with van der Waals surface area (Å²) in [5, 5.41) is 11.6. The van der Waals surface area contributed by atoms with Crippen molar-refractivity contribution >= 4 is 27.6 Å². The van der Waals surface area contributed by atoms with Crippen LogP contribution in [0.5, 0.6) is 0 Å². The number of amides is 1. The average molecular weight is 313 g/mol. The number of piperidine rings is 1. The fraction of sp³-hybridized carbons (Fsp3) is 0.333. The number of carboxylic acid groups (broad SMARTS) is 1. The molecule has 1 unspecified atom stereocenters. The molecule has 0 radical (unpaired) electrons. The van der Waals surface area contributed by atoms with Gasteiger partial charge in [0.05, 0.1) is 10.5 Å². The molecule has 1 atom stereocenters. The van der Waals surface area contributed by atoms with E-state index in [-0.39, 0.29) is 35.0 Å². The highest BCUT2D eigenvalue weighted by Gasteiger charge is 2.27. The van der Waals surface area contributed by atoms with Gasteiger partial charge in [-0.1, -0.05) is 0 Å². The van der Waals surface area contributed by atoms with Gasteiger partial charge in [0.25, 0.3) is 0 Å². The van der Waals surface area contributed by atoms with E-state index in [1.807, 2.05) is 0 Å². The van der Waals surface area contributed by atoms with Crippen molar-refractivity contribution in [2.24, 2.45) is 0 Å². The third kappa shape index (κ3) is 3.50. The van der Waals surface area contributed by atoms with Crippen molar-refractivity contribution in [1.29, 1.82) is 0 Å². The van der Waals surface area contributed by atoms with Crippen LogP contribution in [0, 0.1) is 0 Å². The fourth-order valence-electron chi connectivity index (χ4n) is 2.07. The Hall–Kier alpha value is -2.13. The number of carbonyl (C=O) groups is 2. The SMILES string of the molecule is Nc1ccc(S(=O)(=O)NC2CCC(=O)NC2)c(C(=O)O)c1. The van der Waals surface area contributed by atoms with Gasteiger partial charge in [-0.25, -0.2) is 17.9 Å². The van der Waals surface area contributed by atoms with Crippen LogP contribution < -0.4 is 15.8 Å². The summed E-state index contributed by atoms with van der Waals surface area (Å²) >= 11 is 0. The van der Waals surface area contributed by atoms with Gasteiger partial charge in [-0.05, 0) is 24.6 Å². The number of carboxylic acids is 1. The maximum absolute atomic E-state index is 12.3. The molecule has 1 amide bonds. The molecule has 1 aromatic rings. The van der Waals surface area contributed by atoms with E-state index in [4.69, 9.17) is 10.8 Å². The van der Waals surface area contributed by atoms with Crippen LogP contribution in [0.25, 0.3) is 0 Å². The Morgan fingerprint density at radius 1 is 1.43 bits per heavy atom. The molecule has 1 aromatic carbocycles. The predicted molar refractivity (Wildman–Crippen MR) is 74.2 cm³/mol. The number of benzene rings is 1. The second kappa shape index (κ2) is 5.70. The van der Waals surface area contributed by atoms with Crippen LogP contribution in [-0.4, -0.2) is 38.0 Å². The van der Waals surface area contributed by atoms with Crippen LogP contribution in [0.3, 0.4) is 0 Å². The van der Waals surface area contributed by atoms with E-state index in [1.165, 1.54) is 6.07 Å². The highest BCUT2D eigenvalue weighted by atomic mass is 32.2. The Morgan fingerprint density at radius 3 is 2.71 bits per heavy atom. The molecule has 1 fully saturated rings. The molecule has 9 heteroatoms. The molecule has 0 aliphatic carbocycles. The summed E-state index contributed by atoms with van der Waals surface area (Å²) in [4.78, 5) is 21.9. The van der Waals surface area contributed by atoms with Crippen molar-refractivity contribution in [2.75, 3.05) is 12.3 Å². The van der Waals surface area contributed by atoms with Gasteiger partial charge >= 0.3 is 5.97 Å². The van der Waals surface area contributed by atoms with Crippen molar-refractivity contribution in [3.05, 3.63) is 23.8 Å². The van der Waals surface area contributed by atoms with Crippen molar-refractivity contribution in [2.45, 2.75) is 23.8 Å². The molecule has 1 aliphatic heterocycles. The Bertz CT molecular complexity index is 676. The number of nitrogens with one attached hydrogen (secondary N) is 2. The molecule has 5 N–H and O–H groups in total. The Morgan fingerprint density at radius 2 is 2.14 bits per heavy atom. The number of aromatic carboxylic acids is 1. The first-order valence-electron chi connectivity index (χ1n) is 6.21. The first-order valence-corrected chi connectivity index (χ1v) is 7.70. The highest BCUT2D eigenvalue weighted by molar-refractivity contribution is 7.89. The summed E-state index contributed by atoms with van der Waals surface area (Å²) in [6.45, 7) is 0.176. The zero-order valence-electron chi connectivity index (χ0n) is 11.0. The molecular formula is C12H15N3O5S. The first kappa shape index (κ1) is 15.3. The first-order chi connectivity index (χ1) is 9.79. The third-order valence-corrected chi connectivity index (χ3v) is 4.69. The van der Waals surface area contributed by atoms with Crippen LogP contribution in [0.1, 0.15) is 23.2 Å². The van der Waals surface area contributed by atoms with Crippen molar-refractivity contribution in [1.82, 2.24) is 10.0 Å². The minimum absolute atomic E-state index is 0.135. The van der Waals surface area contributed by atoms with Crippen molar-refractivity contribution in [3.63, 3.8) is 0 Å². The fourth-order valence-corrected chi connectivity index (χ4v) is 3.52. The van der Waals surface area contributed by atoms with Gasteiger partial charge in [0.2, 0.25) is 15.9 Å². The van der Waals surface area contributed by atoms with Gasteiger partial charge in [-0.15, -0.1) is 0 Å². The Kier molecular flexibility index (Phi) is 4.14. The van der Waals surface area contributed by atoms with Crippen LogP contribution in [-0.2, 0) is 14.8 Å². The molecule has 114 valence electrons. The van der Waals surface area contributed by atoms with E-state index >= 15 is 0 Å². The molecule has 1 aliphatic rings. The summed E-state index contributed by atoms with van der Waals surface area (Å²) in [5.74, 6) is -1.51. The quantitative estimate of drug-likeness (QED) is 0.554. The molecule has 0 saturated carbocycles. The molecule has 2 rings (SSSR count). The van der Waals surface area contributed by atoms with E-state index in [2.05, 4.69) is 10.0 Å². The lowest BCUT2D eigenvalue weighted by molar-refractivity contribution is -0.122. The topological polar surface area (TPSA) is 139 Å². The van der Waals surface area contributed by atoms with Crippen LogP contribution in [0.15, 0.2) is 23.1 Å². The van der Waals surface area contributed by atoms with Crippen molar-refractivity contribution < 1.29 is 23.1 Å². The van der Waals surface area contributed by atoms with Crippen LogP contribution in [0.2, 0.25) is 0 Å². The number of hydrogen-bond donors (Lipinski definition) is 4. The summed E-state index contributed by atoms with van der Waals surface area (Å²) < 4.78 is 27.0. The number of sulfonamides is 1. The molecular weight excluding hydrogens is 298 g/mol. The molecule has 0 spiro atoms. The van der Waals surface area contributed by atoms with Gasteiger partial charge in [0.15, 0.2) is 0 Å². The average Bonchev–Trinajstić information content (AvgIpc) is 2.40. The van der Waals surface area contributed by atoms with Gasteiger partial charge < -0.3 is 16.2 Å². The Labute approximate surface area is 121 Å². The summed E-state index contributed by atoms with van der Waals surface area (Å²) in [6.07, 6.45) is 0.586. The molecule has 1 heterocycles. The number of anilines is 1. The van der Waals surface area contributed by atoms with Gasteiger partial charge in [0.1, 0.15) is 0 Å². The number of carbonyl (C=O) groups excluding carboxylic acids is 1. The zero-order valence-corrected chi connectivity index (χ0v) is 11.8. The largest absolute Gasteiger partial charge is 0.478 e. The van der Waals surface area contributed by atoms with Gasteiger partial charge in [0, 0.05) is 24.7 Å². The summed E-state index contributed by atoms with van der Waals surface area (Å²) in [5.41, 5.74) is 5.26. The smallest absolute Gasteiger partial charge is 0.337 e. The lowest BCUT2D eigenvalue weighted by atomic mass is 10.1. The lowest BCUT2D eigenvalue weighted by Gasteiger charge is -2.23. The highest BCUT2D eigenvalue weighted by Crippen LogP contribution is 2.20. The molecule has 0 bridgehead atoms. The number of nitrogen functional groups attached to an aromatic ring is 1. The normalized spacial score (nSPS) is 19.0. The van der Waals surface area contributed by atoms with E-state index in [0.29, 0.717) is 6.42 Å². The second-order valence-corrected chi connectivity index (χ2v) is 6.40. The minimum Gasteiger partial charge on any atom is -0.478 e. The molecule has 8 nitrogen and oxygen atoms in total. The minimum atomic E-state index is -4.01. The van der Waals surface area contributed by atoms with E-state index in [0.717, 1.165) is 12.1 Å². The standard InChI is InChI=1S/C12H15N3O5S/c13-7-1-3-10(9(5-7)12(17)18)21(19,20)15-8-2-4-11(16)14-6-8/h1,3,5,8,15H,2,4,6,13H2,(H,14,16)(H,17,18). The maximum Gasteiger partial charge on any atom is 0.337 e. The van der Waals surface area contributed by atoms with Crippen LogP contribution in [0.4, 0.5) is 5.69 Å². The van der Waals surface area contributed by atoms with E-state index in [9.17, 15) is 18.0 Å². The maximum atomic E-state index is 12.3. The monoisotopic (exact) mass is 313 g/mol. The Balaban J connectivity index is 2.27. The number of nitrogens with two attached hydrogens (primary N) is 1. The van der Waals surface area contributed by atoms with Crippen molar-refractivity contribution in [3.8, 4) is 0 Å². The van der Waals surface area contributed by atoms with Crippen LogP contribution >= 0.6 is 0 Å². The molecule has 0 aromatic heterocycles. The third-order valence-electron chi connectivity index (χ3n) is 3.11. The summed E-state index contributed by atoms with van der Waals surface area (Å²) in [6, 6.07) is 3.11. The van der Waals surface area contributed by atoms with E-state index in [1.54, 1.807) is 0 Å². The molecule has 21 heavy (non-hydrogen) atoms. The second-order valence-electron chi connectivity index (χ2n) is 4.72.